The summed E-state index contributed by atoms with van der Waals surface area (Å²) in [6.45, 7) is 1.99. The molecule has 0 amide bonds. The van der Waals surface area contributed by atoms with Gasteiger partial charge in [0.05, 0.1) is 16.1 Å². The summed E-state index contributed by atoms with van der Waals surface area (Å²) >= 11 is 15.8. The van der Waals surface area contributed by atoms with Gasteiger partial charge >= 0.3 is 0 Å². The second-order valence-electron chi connectivity index (χ2n) is 4.85. The minimum absolute atomic E-state index is 0.456. The zero-order chi connectivity index (χ0) is 15.1. The third kappa shape index (κ3) is 2.59. The zero-order valence-electron chi connectivity index (χ0n) is 11.2. The summed E-state index contributed by atoms with van der Waals surface area (Å²) in [5.74, 6) is 0.701. The molecule has 0 saturated heterocycles. The highest BCUT2D eigenvalue weighted by Crippen LogP contribution is 2.36. The van der Waals surface area contributed by atoms with Crippen molar-refractivity contribution in [1.29, 1.82) is 0 Å². The number of halogens is 3. The van der Waals surface area contributed by atoms with Gasteiger partial charge in [0.25, 0.3) is 0 Å². The molecule has 0 aliphatic carbocycles. The zero-order valence-corrected chi connectivity index (χ0v) is 14.3. The van der Waals surface area contributed by atoms with Crippen LogP contribution in [0.15, 0.2) is 45.3 Å². The Morgan fingerprint density at radius 1 is 1.19 bits per heavy atom. The standard InChI is InChI=1S/C16H12BrCl2NO/c1-8-10-6-5-9(17)7-13(10)21-16(8)15(20)11-3-2-4-12(18)14(11)19/h2-7,15H,20H2,1H3. The maximum atomic E-state index is 6.34. The molecule has 3 rings (SSSR count). The number of fused-ring (bicyclic) bond motifs is 1. The Hall–Kier alpha value is -1.00. The molecule has 0 spiro atoms. The summed E-state index contributed by atoms with van der Waals surface area (Å²) in [5, 5.41) is 2.00. The fourth-order valence-electron chi connectivity index (χ4n) is 2.42. The van der Waals surface area contributed by atoms with Crippen molar-refractivity contribution in [2.45, 2.75) is 13.0 Å². The van der Waals surface area contributed by atoms with E-state index < -0.39 is 6.04 Å². The van der Waals surface area contributed by atoms with Crippen LogP contribution < -0.4 is 5.73 Å². The van der Waals surface area contributed by atoms with Crippen LogP contribution in [0.4, 0.5) is 0 Å². The second kappa shape index (κ2) is 5.65. The molecule has 2 nitrogen and oxygen atoms in total. The predicted octanol–water partition coefficient (Wildman–Crippen LogP) is 5.86. The Morgan fingerprint density at radius 2 is 1.95 bits per heavy atom. The van der Waals surface area contributed by atoms with Crippen LogP contribution in [0.1, 0.15) is 22.9 Å². The lowest BCUT2D eigenvalue weighted by Crippen LogP contribution is -2.12. The van der Waals surface area contributed by atoms with E-state index in [0.29, 0.717) is 15.8 Å². The van der Waals surface area contributed by atoms with Crippen LogP contribution in [0.3, 0.4) is 0 Å². The molecule has 5 heteroatoms. The number of furan rings is 1. The second-order valence-corrected chi connectivity index (χ2v) is 6.55. The third-order valence-corrected chi connectivity index (χ3v) is 4.86. The highest BCUT2D eigenvalue weighted by atomic mass is 79.9. The van der Waals surface area contributed by atoms with E-state index in [0.717, 1.165) is 26.6 Å². The highest BCUT2D eigenvalue weighted by molar-refractivity contribution is 9.10. The fraction of sp³-hybridized carbons (Fsp3) is 0.125. The van der Waals surface area contributed by atoms with Gasteiger partial charge in [0.15, 0.2) is 0 Å². The van der Waals surface area contributed by atoms with Gasteiger partial charge in [0, 0.05) is 15.4 Å². The molecule has 1 heterocycles. The summed E-state index contributed by atoms with van der Waals surface area (Å²) in [4.78, 5) is 0. The van der Waals surface area contributed by atoms with Crippen molar-refractivity contribution in [2.75, 3.05) is 0 Å². The van der Waals surface area contributed by atoms with Crippen LogP contribution in [0.5, 0.6) is 0 Å². The smallest absolute Gasteiger partial charge is 0.135 e. The van der Waals surface area contributed by atoms with Gasteiger partial charge in [0.1, 0.15) is 11.3 Å². The SMILES string of the molecule is Cc1c(C(N)c2cccc(Cl)c2Cl)oc2cc(Br)ccc12. The number of nitrogens with two attached hydrogens (primary N) is 1. The van der Waals surface area contributed by atoms with Crippen LogP contribution in [0, 0.1) is 6.92 Å². The number of aryl methyl sites for hydroxylation is 1. The Kier molecular flexibility index (Phi) is 4.02. The van der Waals surface area contributed by atoms with E-state index in [4.69, 9.17) is 33.4 Å². The van der Waals surface area contributed by atoms with Gasteiger partial charge in [-0.05, 0) is 36.8 Å². The third-order valence-electron chi connectivity index (χ3n) is 3.54. The molecular weight excluding hydrogens is 373 g/mol. The number of rotatable bonds is 2. The summed E-state index contributed by atoms with van der Waals surface area (Å²) in [7, 11) is 0. The number of benzene rings is 2. The first-order valence-electron chi connectivity index (χ1n) is 6.37. The molecule has 1 aromatic heterocycles. The molecule has 0 aliphatic rings. The minimum Gasteiger partial charge on any atom is -0.459 e. The van der Waals surface area contributed by atoms with Gasteiger partial charge < -0.3 is 10.2 Å². The van der Waals surface area contributed by atoms with E-state index in [1.807, 2.05) is 37.3 Å². The molecule has 21 heavy (non-hydrogen) atoms. The summed E-state index contributed by atoms with van der Waals surface area (Å²) in [6, 6.07) is 10.9. The van der Waals surface area contributed by atoms with E-state index in [-0.39, 0.29) is 0 Å². The molecule has 2 N–H and O–H groups in total. The Balaban J connectivity index is 2.15. The molecule has 2 aromatic carbocycles. The van der Waals surface area contributed by atoms with E-state index in [9.17, 15) is 0 Å². The first-order chi connectivity index (χ1) is 9.99. The topological polar surface area (TPSA) is 39.2 Å². The van der Waals surface area contributed by atoms with E-state index >= 15 is 0 Å². The van der Waals surface area contributed by atoms with Crippen molar-refractivity contribution in [3.05, 3.63) is 67.8 Å². The van der Waals surface area contributed by atoms with Crippen molar-refractivity contribution in [1.82, 2.24) is 0 Å². The van der Waals surface area contributed by atoms with Gasteiger partial charge in [-0.1, -0.05) is 51.3 Å². The Morgan fingerprint density at radius 3 is 2.71 bits per heavy atom. The molecular formula is C16H12BrCl2NO. The van der Waals surface area contributed by atoms with Crippen LogP contribution in [-0.4, -0.2) is 0 Å². The molecule has 0 aliphatic heterocycles. The number of hydrogen-bond donors (Lipinski definition) is 1. The first-order valence-corrected chi connectivity index (χ1v) is 7.92. The molecule has 0 saturated carbocycles. The average molecular weight is 385 g/mol. The van der Waals surface area contributed by atoms with Gasteiger partial charge in [-0.3, -0.25) is 0 Å². The maximum absolute atomic E-state index is 6.34. The van der Waals surface area contributed by atoms with Crippen molar-refractivity contribution >= 4 is 50.1 Å². The Labute approximate surface area is 141 Å². The van der Waals surface area contributed by atoms with Crippen LogP contribution in [0.25, 0.3) is 11.0 Å². The summed E-state index contributed by atoms with van der Waals surface area (Å²) < 4.78 is 6.90. The average Bonchev–Trinajstić information content (AvgIpc) is 2.78. The number of hydrogen-bond acceptors (Lipinski definition) is 2. The molecule has 0 fully saturated rings. The van der Waals surface area contributed by atoms with Crippen LogP contribution >= 0.6 is 39.1 Å². The summed E-state index contributed by atoms with van der Waals surface area (Å²) in [6.07, 6.45) is 0. The minimum atomic E-state index is -0.456. The first kappa shape index (κ1) is 14.9. The molecule has 0 radical (unpaired) electrons. The van der Waals surface area contributed by atoms with Crippen LogP contribution in [-0.2, 0) is 0 Å². The highest BCUT2D eigenvalue weighted by Gasteiger charge is 2.21. The van der Waals surface area contributed by atoms with Crippen molar-refractivity contribution in [3.63, 3.8) is 0 Å². The molecule has 1 unspecified atom stereocenters. The lowest BCUT2D eigenvalue weighted by atomic mass is 10.0. The van der Waals surface area contributed by atoms with Crippen LogP contribution in [0.2, 0.25) is 10.0 Å². The van der Waals surface area contributed by atoms with Gasteiger partial charge in [-0.2, -0.15) is 0 Å². The molecule has 0 bridgehead atoms. The van der Waals surface area contributed by atoms with Crippen molar-refractivity contribution in [2.24, 2.45) is 5.73 Å². The van der Waals surface area contributed by atoms with Gasteiger partial charge in [-0.25, -0.2) is 0 Å². The van der Waals surface area contributed by atoms with E-state index in [1.165, 1.54) is 0 Å². The molecule has 3 aromatic rings. The Bertz CT molecular complexity index is 829. The normalized spacial score (nSPS) is 12.8. The van der Waals surface area contributed by atoms with Crippen molar-refractivity contribution < 1.29 is 4.42 Å². The van der Waals surface area contributed by atoms with Crippen molar-refractivity contribution in [3.8, 4) is 0 Å². The largest absolute Gasteiger partial charge is 0.459 e. The lowest BCUT2D eigenvalue weighted by Gasteiger charge is -2.13. The lowest BCUT2D eigenvalue weighted by molar-refractivity contribution is 0.521. The molecule has 1 atom stereocenters. The summed E-state index contributed by atoms with van der Waals surface area (Å²) in [5.41, 5.74) is 8.91. The maximum Gasteiger partial charge on any atom is 0.135 e. The quantitative estimate of drug-likeness (QED) is 0.601. The monoisotopic (exact) mass is 383 g/mol. The van der Waals surface area contributed by atoms with E-state index in [1.54, 1.807) is 6.07 Å². The molecule has 108 valence electrons. The fourth-order valence-corrected chi connectivity index (χ4v) is 3.18. The van der Waals surface area contributed by atoms with Gasteiger partial charge in [-0.15, -0.1) is 0 Å². The van der Waals surface area contributed by atoms with E-state index in [2.05, 4.69) is 15.9 Å². The van der Waals surface area contributed by atoms with Gasteiger partial charge in [0.2, 0.25) is 0 Å². The predicted molar refractivity (Wildman–Crippen MR) is 91.1 cm³/mol.